The Morgan fingerprint density at radius 3 is 2.81 bits per heavy atom. The maximum Gasteiger partial charge on any atom is 0.312 e. The summed E-state index contributed by atoms with van der Waals surface area (Å²) in [5.74, 6) is 1.65. The highest BCUT2D eigenvalue weighted by Crippen LogP contribution is 2.36. The lowest BCUT2D eigenvalue weighted by Crippen LogP contribution is -2.33. The standard InChI is InChI=1S/C20H26N4O3/c1-24(2)16(11-15-5-3-7-18-19(15)27-13-26-18)12-17-14(6-4-9-22-17)8-10-23-20(21)25/h3-7,9,16H,8,10-13H2,1-2H3,(H3,21,23,25). The van der Waals surface area contributed by atoms with Crippen molar-refractivity contribution in [1.29, 1.82) is 0 Å². The van der Waals surface area contributed by atoms with Gasteiger partial charge in [-0.2, -0.15) is 0 Å². The van der Waals surface area contributed by atoms with E-state index in [2.05, 4.69) is 41.4 Å². The third-order valence-corrected chi connectivity index (χ3v) is 4.77. The Hall–Kier alpha value is -2.80. The molecule has 0 saturated heterocycles. The molecule has 1 aliphatic rings. The molecule has 0 radical (unpaired) electrons. The van der Waals surface area contributed by atoms with Crippen molar-refractivity contribution >= 4 is 6.03 Å². The molecule has 3 rings (SSSR count). The second kappa shape index (κ2) is 8.73. The third-order valence-electron chi connectivity index (χ3n) is 4.77. The number of nitrogens with zero attached hydrogens (tertiary/aromatic N) is 2. The number of ether oxygens (including phenoxy) is 2. The van der Waals surface area contributed by atoms with Crippen molar-refractivity contribution in [3.05, 3.63) is 53.3 Å². The Bertz CT molecular complexity index is 795. The zero-order chi connectivity index (χ0) is 19.2. The minimum atomic E-state index is -0.508. The van der Waals surface area contributed by atoms with E-state index in [1.54, 1.807) is 0 Å². The summed E-state index contributed by atoms with van der Waals surface area (Å²) < 4.78 is 11.1. The molecule has 1 atom stereocenters. The summed E-state index contributed by atoms with van der Waals surface area (Å²) >= 11 is 0. The Balaban J connectivity index is 1.74. The van der Waals surface area contributed by atoms with E-state index in [1.807, 2.05) is 24.4 Å². The summed E-state index contributed by atoms with van der Waals surface area (Å²) in [6.07, 6.45) is 4.13. The molecule has 0 aliphatic carbocycles. The van der Waals surface area contributed by atoms with Crippen LogP contribution < -0.4 is 20.5 Å². The molecule has 0 bridgehead atoms. The van der Waals surface area contributed by atoms with Crippen LogP contribution in [0.5, 0.6) is 11.5 Å². The first-order valence-electron chi connectivity index (χ1n) is 9.04. The number of rotatable bonds is 8. The zero-order valence-electron chi connectivity index (χ0n) is 15.8. The topological polar surface area (TPSA) is 89.7 Å². The van der Waals surface area contributed by atoms with Crippen LogP contribution in [-0.2, 0) is 19.3 Å². The molecule has 0 spiro atoms. The first-order chi connectivity index (χ1) is 13.0. The number of para-hydroxylation sites is 1. The van der Waals surface area contributed by atoms with E-state index in [-0.39, 0.29) is 12.8 Å². The van der Waals surface area contributed by atoms with Crippen molar-refractivity contribution in [2.24, 2.45) is 5.73 Å². The van der Waals surface area contributed by atoms with Crippen LogP contribution in [0.25, 0.3) is 0 Å². The number of hydrogen-bond donors (Lipinski definition) is 2. The summed E-state index contributed by atoms with van der Waals surface area (Å²) in [5.41, 5.74) is 8.44. The highest BCUT2D eigenvalue weighted by molar-refractivity contribution is 5.71. The number of carbonyl (C=O) groups excluding carboxylic acids is 1. The van der Waals surface area contributed by atoms with E-state index in [0.717, 1.165) is 41.2 Å². The van der Waals surface area contributed by atoms with Crippen molar-refractivity contribution < 1.29 is 14.3 Å². The normalized spacial score (nSPS) is 13.6. The zero-order valence-corrected chi connectivity index (χ0v) is 15.8. The average Bonchev–Trinajstić information content (AvgIpc) is 3.12. The SMILES string of the molecule is CN(C)C(Cc1cccc2c1OCO2)Cc1ncccc1CCNC(N)=O. The number of benzene rings is 1. The van der Waals surface area contributed by atoms with E-state index >= 15 is 0 Å². The molecule has 2 amide bonds. The number of amides is 2. The van der Waals surface area contributed by atoms with Gasteiger partial charge in [0.1, 0.15) is 0 Å². The molecular formula is C20H26N4O3. The van der Waals surface area contributed by atoms with E-state index in [9.17, 15) is 4.79 Å². The van der Waals surface area contributed by atoms with Crippen LogP contribution in [0.4, 0.5) is 4.79 Å². The molecule has 3 N–H and O–H groups in total. The summed E-state index contributed by atoms with van der Waals surface area (Å²) in [5, 5.41) is 2.64. The minimum absolute atomic E-state index is 0.249. The summed E-state index contributed by atoms with van der Waals surface area (Å²) in [6, 6.07) is 9.72. The molecular weight excluding hydrogens is 344 g/mol. The predicted octanol–water partition coefficient (Wildman–Crippen LogP) is 1.74. The smallest absolute Gasteiger partial charge is 0.312 e. The van der Waals surface area contributed by atoms with Crippen molar-refractivity contribution in [3.63, 3.8) is 0 Å². The lowest BCUT2D eigenvalue weighted by molar-refractivity contribution is 0.172. The number of nitrogens with one attached hydrogen (secondary N) is 1. The fourth-order valence-corrected chi connectivity index (χ4v) is 3.27. The van der Waals surface area contributed by atoms with Gasteiger partial charge >= 0.3 is 6.03 Å². The number of hydrogen-bond acceptors (Lipinski definition) is 5. The van der Waals surface area contributed by atoms with Gasteiger partial charge in [-0.3, -0.25) is 4.98 Å². The number of carbonyl (C=O) groups is 1. The molecule has 1 unspecified atom stereocenters. The molecule has 1 aromatic heterocycles. The van der Waals surface area contributed by atoms with Gasteiger partial charge in [0.15, 0.2) is 11.5 Å². The molecule has 2 aromatic rings. The highest BCUT2D eigenvalue weighted by atomic mass is 16.7. The van der Waals surface area contributed by atoms with Gasteiger partial charge in [-0.15, -0.1) is 0 Å². The highest BCUT2D eigenvalue weighted by Gasteiger charge is 2.22. The lowest BCUT2D eigenvalue weighted by atomic mass is 9.97. The van der Waals surface area contributed by atoms with E-state index < -0.39 is 6.03 Å². The summed E-state index contributed by atoms with van der Waals surface area (Å²) in [6.45, 7) is 0.772. The average molecular weight is 370 g/mol. The largest absolute Gasteiger partial charge is 0.454 e. The minimum Gasteiger partial charge on any atom is -0.454 e. The van der Waals surface area contributed by atoms with Crippen molar-refractivity contribution in [2.75, 3.05) is 27.4 Å². The Labute approximate surface area is 159 Å². The molecule has 1 aliphatic heterocycles. The Morgan fingerprint density at radius 2 is 2.04 bits per heavy atom. The predicted molar refractivity (Wildman–Crippen MR) is 103 cm³/mol. The van der Waals surface area contributed by atoms with Crippen molar-refractivity contribution in [2.45, 2.75) is 25.3 Å². The monoisotopic (exact) mass is 370 g/mol. The number of primary amides is 1. The van der Waals surface area contributed by atoms with Gasteiger partial charge in [-0.05, 0) is 50.2 Å². The van der Waals surface area contributed by atoms with Gasteiger partial charge in [-0.1, -0.05) is 18.2 Å². The quantitative estimate of drug-likeness (QED) is 0.739. The molecule has 7 heteroatoms. The molecule has 2 heterocycles. The fourth-order valence-electron chi connectivity index (χ4n) is 3.27. The first kappa shape index (κ1) is 19.0. The van der Waals surface area contributed by atoms with Crippen LogP contribution in [0.2, 0.25) is 0 Å². The summed E-state index contributed by atoms with van der Waals surface area (Å²) in [4.78, 5) is 17.7. The molecule has 27 heavy (non-hydrogen) atoms. The van der Waals surface area contributed by atoms with Gasteiger partial charge in [0.25, 0.3) is 0 Å². The Kier molecular flexibility index (Phi) is 6.13. The molecule has 0 saturated carbocycles. The van der Waals surface area contributed by atoms with E-state index in [0.29, 0.717) is 13.0 Å². The fraction of sp³-hybridized carbons (Fsp3) is 0.400. The van der Waals surface area contributed by atoms with Gasteiger partial charge in [0.05, 0.1) is 0 Å². The molecule has 0 fully saturated rings. The molecule has 7 nitrogen and oxygen atoms in total. The number of likely N-dealkylation sites (N-methyl/N-ethyl adjacent to an activating group) is 1. The van der Waals surface area contributed by atoms with E-state index in [1.165, 1.54) is 0 Å². The van der Waals surface area contributed by atoms with Crippen LogP contribution >= 0.6 is 0 Å². The van der Waals surface area contributed by atoms with Gasteiger partial charge < -0.3 is 25.4 Å². The number of pyridine rings is 1. The first-order valence-corrected chi connectivity index (χ1v) is 9.04. The number of fused-ring (bicyclic) bond motifs is 1. The van der Waals surface area contributed by atoms with E-state index in [4.69, 9.17) is 15.2 Å². The Morgan fingerprint density at radius 1 is 1.22 bits per heavy atom. The maximum atomic E-state index is 10.9. The molecule has 1 aromatic carbocycles. The van der Waals surface area contributed by atoms with Crippen molar-refractivity contribution in [3.8, 4) is 11.5 Å². The van der Waals surface area contributed by atoms with Crippen LogP contribution in [0.1, 0.15) is 16.8 Å². The number of urea groups is 1. The second-order valence-corrected chi connectivity index (χ2v) is 6.83. The van der Waals surface area contributed by atoms with Crippen molar-refractivity contribution in [1.82, 2.24) is 15.2 Å². The number of nitrogens with two attached hydrogens (primary N) is 1. The van der Waals surface area contributed by atoms with Crippen LogP contribution in [-0.4, -0.2) is 49.4 Å². The molecule has 144 valence electrons. The van der Waals surface area contributed by atoms with Crippen LogP contribution in [0.3, 0.4) is 0 Å². The second-order valence-electron chi connectivity index (χ2n) is 6.83. The summed E-state index contributed by atoms with van der Waals surface area (Å²) in [7, 11) is 4.14. The number of aromatic nitrogens is 1. The van der Waals surface area contributed by atoms with Gasteiger partial charge in [0.2, 0.25) is 6.79 Å². The van der Waals surface area contributed by atoms with Crippen LogP contribution in [0.15, 0.2) is 36.5 Å². The maximum absolute atomic E-state index is 10.9. The van der Waals surface area contributed by atoms with Gasteiger partial charge in [0, 0.05) is 30.9 Å². The van der Waals surface area contributed by atoms with Gasteiger partial charge in [-0.25, -0.2) is 4.79 Å². The van der Waals surface area contributed by atoms with Crippen LogP contribution in [0, 0.1) is 0 Å². The lowest BCUT2D eigenvalue weighted by Gasteiger charge is -2.25. The third kappa shape index (κ3) is 4.89.